The molecule has 0 aliphatic rings. The van der Waals surface area contributed by atoms with E-state index in [2.05, 4.69) is 59.0 Å². The van der Waals surface area contributed by atoms with Gasteiger partial charge in [-0.3, -0.25) is 4.79 Å². The summed E-state index contributed by atoms with van der Waals surface area (Å²) in [6.45, 7) is 9.15. The normalized spacial score (nSPS) is 11.2. The Balaban J connectivity index is 1.29. The molecule has 0 radical (unpaired) electrons. The summed E-state index contributed by atoms with van der Waals surface area (Å²) in [4.78, 5) is 18.0. The third-order valence-electron chi connectivity index (χ3n) is 6.67. The van der Waals surface area contributed by atoms with Gasteiger partial charge in [0.1, 0.15) is 12.4 Å². The molecule has 1 amide bonds. The minimum atomic E-state index is -0.165. The number of rotatable bonds is 15. The second kappa shape index (κ2) is 15.8. The zero-order chi connectivity index (χ0) is 28.9. The van der Waals surface area contributed by atoms with Crippen LogP contribution in [0.1, 0.15) is 43.5 Å². The number of imidazole rings is 1. The number of anilines is 1. The van der Waals surface area contributed by atoms with Crippen molar-refractivity contribution in [2.24, 2.45) is 0 Å². The molecule has 0 fully saturated rings. The molecule has 3 aromatic carbocycles. The molecule has 1 heterocycles. The van der Waals surface area contributed by atoms with E-state index in [0.29, 0.717) is 13.2 Å². The number of carbonyl (C=O) groups is 1. The number of nitrogens with zero attached hydrogens (tertiary/aromatic N) is 2. The summed E-state index contributed by atoms with van der Waals surface area (Å²) in [7, 11) is 0. The Morgan fingerprint density at radius 1 is 0.976 bits per heavy atom. The molecular weight excluding hydrogens is 530 g/mol. The van der Waals surface area contributed by atoms with Crippen LogP contribution in [0, 0.1) is 6.92 Å². The van der Waals surface area contributed by atoms with Gasteiger partial charge in [-0.25, -0.2) is 4.98 Å². The maximum absolute atomic E-state index is 12.7. The molecule has 4 aromatic rings. The summed E-state index contributed by atoms with van der Waals surface area (Å²) in [5, 5.41) is 2.96. The van der Waals surface area contributed by atoms with Crippen LogP contribution in [-0.2, 0) is 21.8 Å². The Bertz CT molecular complexity index is 1410. The molecular formula is C34H39N3O3S. The topological polar surface area (TPSA) is 65.4 Å². The van der Waals surface area contributed by atoms with Crippen molar-refractivity contribution in [2.45, 2.75) is 50.8 Å². The quantitative estimate of drug-likeness (QED) is 0.0892. The number of benzene rings is 3. The summed E-state index contributed by atoms with van der Waals surface area (Å²) in [5.74, 6) is 1.52. The van der Waals surface area contributed by atoms with Gasteiger partial charge in [0.05, 0.1) is 12.9 Å². The van der Waals surface area contributed by atoms with Crippen LogP contribution in [0.5, 0.6) is 5.75 Å². The predicted molar refractivity (Wildman–Crippen MR) is 169 cm³/mol. The highest BCUT2D eigenvalue weighted by Gasteiger charge is 2.05. The molecule has 0 spiro atoms. The first-order chi connectivity index (χ1) is 20.1. The van der Waals surface area contributed by atoms with Gasteiger partial charge in [0, 0.05) is 47.5 Å². The number of nitrogens with one attached hydrogen (secondary N) is 1. The van der Waals surface area contributed by atoms with Crippen molar-refractivity contribution in [2.75, 3.05) is 25.1 Å². The fourth-order valence-corrected chi connectivity index (χ4v) is 5.09. The van der Waals surface area contributed by atoms with E-state index in [4.69, 9.17) is 9.47 Å². The number of carbonyl (C=O) groups excluding carboxylic acids is 1. The highest BCUT2D eigenvalue weighted by molar-refractivity contribution is 7.98. The van der Waals surface area contributed by atoms with E-state index in [1.807, 2.05) is 61.9 Å². The van der Waals surface area contributed by atoms with Gasteiger partial charge in [0.25, 0.3) is 0 Å². The molecule has 0 aliphatic carbocycles. The zero-order valence-electron chi connectivity index (χ0n) is 24.1. The molecule has 214 valence electrons. The predicted octanol–water partition coefficient (Wildman–Crippen LogP) is 8.02. The van der Waals surface area contributed by atoms with Gasteiger partial charge in [-0.05, 0) is 91.1 Å². The molecule has 6 nitrogen and oxygen atoms in total. The molecule has 0 saturated heterocycles. The standard InChI is InChI=1S/C34H39N3O3S/c1-4-6-19-39-20-21-40-32-14-9-27(10-15-32)29-8-7-26(3)28(22-29)11-18-34(38)36-30-12-16-33(17-13-30)41-24-31-23-35-25-37(31)5-2/h7-18,22-23,25H,4-6,19-21,24H2,1-3H3,(H,36,38)/b18-11+. The Hall–Kier alpha value is -3.81. The maximum atomic E-state index is 12.7. The molecule has 41 heavy (non-hydrogen) atoms. The Kier molecular flexibility index (Phi) is 11.7. The second-order valence-electron chi connectivity index (χ2n) is 9.72. The van der Waals surface area contributed by atoms with Crippen molar-refractivity contribution in [3.63, 3.8) is 0 Å². The fourth-order valence-electron chi connectivity index (χ4n) is 4.20. The van der Waals surface area contributed by atoms with Crippen LogP contribution in [0.2, 0.25) is 0 Å². The van der Waals surface area contributed by atoms with Crippen LogP contribution in [0.4, 0.5) is 5.69 Å². The number of thioether (sulfide) groups is 1. The summed E-state index contributed by atoms with van der Waals surface area (Å²) in [6.07, 6.45) is 9.43. The molecule has 0 aliphatic heterocycles. The highest BCUT2D eigenvalue weighted by atomic mass is 32.2. The lowest BCUT2D eigenvalue weighted by Gasteiger charge is -2.09. The van der Waals surface area contributed by atoms with Gasteiger partial charge in [-0.2, -0.15) is 0 Å². The van der Waals surface area contributed by atoms with Gasteiger partial charge in [-0.15, -0.1) is 11.8 Å². The van der Waals surface area contributed by atoms with Crippen LogP contribution >= 0.6 is 11.8 Å². The van der Waals surface area contributed by atoms with Crippen molar-refractivity contribution in [1.29, 1.82) is 0 Å². The molecule has 4 rings (SSSR count). The van der Waals surface area contributed by atoms with Crippen molar-refractivity contribution in [3.05, 3.63) is 102 Å². The SMILES string of the molecule is CCCCOCCOc1ccc(-c2ccc(C)c(/C=C/C(=O)Nc3ccc(SCc4cncn4CC)cc3)c2)cc1. The zero-order valence-corrected chi connectivity index (χ0v) is 25.0. The Morgan fingerprint density at radius 2 is 1.76 bits per heavy atom. The number of unbranched alkanes of at least 4 members (excludes halogenated alkanes) is 1. The van der Waals surface area contributed by atoms with Crippen LogP contribution in [0.25, 0.3) is 17.2 Å². The number of aryl methyl sites for hydroxylation is 2. The van der Waals surface area contributed by atoms with Gasteiger partial charge >= 0.3 is 0 Å². The van der Waals surface area contributed by atoms with E-state index >= 15 is 0 Å². The Labute approximate surface area is 247 Å². The van der Waals surface area contributed by atoms with Crippen molar-refractivity contribution in [3.8, 4) is 16.9 Å². The average molecular weight is 570 g/mol. The van der Waals surface area contributed by atoms with Gasteiger partial charge in [0.15, 0.2) is 0 Å². The summed E-state index contributed by atoms with van der Waals surface area (Å²) >= 11 is 1.75. The van der Waals surface area contributed by atoms with E-state index in [0.717, 1.165) is 70.3 Å². The molecule has 0 bridgehead atoms. The van der Waals surface area contributed by atoms with Crippen LogP contribution in [0.15, 0.2) is 90.2 Å². The van der Waals surface area contributed by atoms with E-state index in [-0.39, 0.29) is 5.91 Å². The first-order valence-corrected chi connectivity index (χ1v) is 15.2. The van der Waals surface area contributed by atoms with Crippen LogP contribution < -0.4 is 10.1 Å². The number of hydrogen-bond acceptors (Lipinski definition) is 5. The smallest absolute Gasteiger partial charge is 0.248 e. The lowest BCUT2D eigenvalue weighted by molar-refractivity contribution is -0.111. The average Bonchev–Trinajstić information content (AvgIpc) is 3.46. The Morgan fingerprint density at radius 3 is 2.51 bits per heavy atom. The summed E-state index contributed by atoms with van der Waals surface area (Å²) < 4.78 is 13.5. The third kappa shape index (κ3) is 9.37. The van der Waals surface area contributed by atoms with E-state index in [9.17, 15) is 4.79 Å². The van der Waals surface area contributed by atoms with Gasteiger partial charge in [-0.1, -0.05) is 37.6 Å². The van der Waals surface area contributed by atoms with Crippen molar-refractivity contribution < 1.29 is 14.3 Å². The fraction of sp³-hybridized carbons (Fsp3) is 0.294. The second-order valence-corrected chi connectivity index (χ2v) is 10.8. The molecule has 0 atom stereocenters. The molecule has 0 unspecified atom stereocenters. The van der Waals surface area contributed by atoms with E-state index in [1.165, 1.54) is 5.69 Å². The van der Waals surface area contributed by atoms with Crippen LogP contribution in [0.3, 0.4) is 0 Å². The monoisotopic (exact) mass is 569 g/mol. The molecule has 1 aromatic heterocycles. The molecule has 7 heteroatoms. The van der Waals surface area contributed by atoms with Gasteiger partial charge < -0.3 is 19.4 Å². The molecule has 1 N–H and O–H groups in total. The first-order valence-electron chi connectivity index (χ1n) is 14.2. The van der Waals surface area contributed by atoms with E-state index < -0.39 is 0 Å². The largest absolute Gasteiger partial charge is 0.491 e. The third-order valence-corrected chi connectivity index (χ3v) is 7.71. The van der Waals surface area contributed by atoms with Crippen molar-refractivity contribution in [1.82, 2.24) is 9.55 Å². The minimum absolute atomic E-state index is 0.165. The minimum Gasteiger partial charge on any atom is -0.491 e. The number of ether oxygens (including phenoxy) is 2. The summed E-state index contributed by atoms with van der Waals surface area (Å²) in [6, 6.07) is 22.3. The van der Waals surface area contributed by atoms with E-state index in [1.54, 1.807) is 17.8 Å². The first kappa shape index (κ1) is 30.2. The lowest BCUT2D eigenvalue weighted by atomic mass is 9.99. The highest BCUT2D eigenvalue weighted by Crippen LogP contribution is 2.26. The number of aromatic nitrogens is 2. The van der Waals surface area contributed by atoms with Gasteiger partial charge in [0.2, 0.25) is 5.91 Å². The lowest BCUT2D eigenvalue weighted by Crippen LogP contribution is -2.07. The van der Waals surface area contributed by atoms with Crippen molar-refractivity contribution >= 4 is 29.4 Å². The number of amides is 1. The molecule has 0 saturated carbocycles. The van der Waals surface area contributed by atoms with Crippen LogP contribution in [-0.4, -0.2) is 35.3 Å². The summed E-state index contributed by atoms with van der Waals surface area (Å²) in [5.41, 5.74) is 6.24. The number of hydrogen-bond donors (Lipinski definition) is 1. The maximum Gasteiger partial charge on any atom is 0.248 e.